The average molecular weight is 257 g/mol. The molecule has 1 aromatic carbocycles. The Morgan fingerprint density at radius 2 is 1.62 bits per heavy atom. The first-order chi connectivity index (χ1) is 5.66. The van der Waals surface area contributed by atoms with E-state index in [1.54, 1.807) is 0 Å². The van der Waals surface area contributed by atoms with Gasteiger partial charge in [-0.25, -0.2) is 4.79 Å². The zero-order chi connectivity index (χ0) is 9.40. The van der Waals surface area contributed by atoms with Crippen LogP contribution in [-0.2, 0) is 5.33 Å². The maximum absolute atomic E-state index is 8.56. The summed E-state index contributed by atoms with van der Waals surface area (Å²) in [5.74, 6) is 0. The van der Waals surface area contributed by atoms with Crippen molar-refractivity contribution in [1.82, 2.24) is 0 Å². The molecule has 1 rings (SSSR count). The molecule has 0 saturated carbocycles. The molecule has 0 aliphatic rings. The normalized spacial score (nSPS) is 7.46. The summed E-state index contributed by atoms with van der Waals surface area (Å²) in [6.07, 6.45) is -1.83. The molecule has 0 radical (unpaired) electrons. The SMILES string of the molecule is BrCc1ccccc1.O=C(O)O.[NaH]. The predicted octanol–water partition coefficient (Wildman–Crippen LogP) is 2.16. The van der Waals surface area contributed by atoms with Crippen molar-refractivity contribution in [1.29, 1.82) is 0 Å². The quantitative estimate of drug-likeness (QED) is 0.598. The monoisotopic (exact) mass is 256 g/mol. The Kier molecular flexibility index (Phi) is 11.9. The summed E-state index contributed by atoms with van der Waals surface area (Å²) in [6.45, 7) is 0. The Morgan fingerprint density at radius 1 is 1.23 bits per heavy atom. The molecule has 0 spiro atoms. The van der Waals surface area contributed by atoms with Gasteiger partial charge in [0.15, 0.2) is 0 Å². The molecule has 0 atom stereocenters. The van der Waals surface area contributed by atoms with Crippen LogP contribution in [0, 0.1) is 0 Å². The van der Waals surface area contributed by atoms with Crippen LogP contribution in [0.1, 0.15) is 5.56 Å². The first-order valence-electron chi connectivity index (χ1n) is 3.18. The van der Waals surface area contributed by atoms with E-state index >= 15 is 0 Å². The van der Waals surface area contributed by atoms with E-state index in [0.29, 0.717) is 0 Å². The van der Waals surface area contributed by atoms with E-state index in [9.17, 15) is 0 Å². The second-order valence-corrected chi connectivity index (χ2v) is 2.46. The number of carbonyl (C=O) groups is 1. The molecule has 0 aromatic heterocycles. The second-order valence-electron chi connectivity index (χ2n) is 1.90. The van der Waals surface area contributed by atoms with Crippen molar-refractivity contribution in [3.8, 4) is 0 Å². The molecule has 13 heavy (non-hydrogen) atoms. The predicted molar refractivity (Wildman–Crippen MR) is 56.9 cm³/mol. The Bertz CT molecular complexity index is 224. The van der Waals surface area contributed by atoms with Gasteiger partial charge in [-0.15, -0.1) is 0 Å². The van der Waals surface area contributed by atoms with Crippen LogP contribution in [0.3, 0.4) is 0 Å². The van der Waals surface area contributed by atoms with E-state index in [1.807, 2.05) is 18.2 Å². The molecule has 0 saturated heterocycles. The van der Waals surface area contributed by atoms with Crippen LogP contribution in [0.25, 0.3) is 0 Å². The summed E-state index contributed by atoms with van der Waals surface area (Å²) in [5, 5.41) is 14.9. The first-order valence-corrected chi connectivity index (χ1v) is 4.30. The Balaban J connectivity index is 0. The minimum atomic E-state index is -1.83. The van der Waals surface area contributed by atoms with Gasteiger partial charge in [-0.3, -0.25) is 0 Å². The van der Waals surface area contributed by atoms with Crippen molar-refractivity contribution in [3.63, 3.8) is 0 Å². The van der Waals surface area contributed by atoms with E-state index in [2.05, 4.69) is 28.1 Å². The van der Waals surface area contributed by atoms with Gasteiger partial charge in [-0.2, -0.15) is 0 Å². The third-order valence-corrected chi connectivity index (χ3v) is 1.64. The number of halogens is 1. The van der Waals surface area contributed by atoms with Crippen LogP contribution < -0.4 is 0 Å². The number of carboxylic acid groups (broad SMARTS) is 2. The summed E-state index contributed by atoms with van der Waals surface area (Å²) >= 11 is 3.36. The van der Waals surface area contributed by atoms with Gasteiger partial charge >= 0.3 is 35.7 Å². The molecule has 0 aliphatic heterocycles. The van der Waals surface area contributed by atoms with E-state index in [1.165, 1.54) is 5.56 Å². The molecule has 0 amide bonds. The number of hydrogen-bond acceptors (Lipinski definition) is 1. The van der Waals surface area contributed by atoms with Crippen molar-refractivity contribution in [2.75, 3.05) is 0 Å². The van der Waals surface area contributed by atoms with Gasteiger partial charge in [0, 0.05) is 5.33 Å². The van der Waals surface area contributed by atoms with Gasteiger partial charge in [0.2, 0.25) is 0 Å². The van der Waals surface area contributed by atoms with Crippen molar-refractivity contribution < 1.29 is 15.0 Å². The zero-order valence-electron chi connectivity index (χ0n) is 6.27. The standard InChI is InChI=1S/C7H7Br.CH2O3.Na.H/c8-6-7-4-2-1-3-5-7;2-1(3)4;;/h1-5H,6H2;(H2,2,3,4);;. The minimum absolute atomic E-state index is 0. The van der Waals surface area contributed by atoms with Crippen LogP contribution >= 0.6 is 15.9 Å². The summed E-state index contributed by atoms with van der Waals surface area (Å²) < 4.78 is 0. The van der Waals surface area contributed by atoms with Gasteiger partial charge in [0.25, 0.3) is 0 Å². The van der Waals surface area contributed by atoms with E-state index in [-0.39, 0.29) is 29.6 Å². The Hall–Kier alpha value is -0.0300. The van der Waals surface area contributed by atoms with Crippen LogP contribution in [-0.4, -0.2) is 45.9 Å². The fraction of sp³-hybridized carbons (Fsp3) is 0.125. The zero-order valence-corrected chi connectivity index (χ0v) is 7.86. The number of benzene rings is 1. The summed E-state index contributed by atoms with van der Waals surface area (Å²) in [7, 11) is 0. The van der Waals surface area contributed by atoms with Crippen LogP contribution in [0.15, 0.2) is 30.3 Å². The second kappa shape index (κ2) is 10.1. The van der Waals surface area contributed by atoms with Crippen molar-refractivity contribution >= 4 is 51.6 Å². The third kappa shape index (κ3) is 12.0. The molecule has 68 valence electrons. The summed E-state index contributed by atoms with van der Waals surface area (Å²) in [6, 6.07) is 10.3. The van der Waals surface area contributed by atoms with E-state index in [4.69, 9.17) is 15.0 Å². The average Bonchev–Trinajstić information content (AvgIpc) is 2.05. The molecule has 0 bridgehead atoms. The van der Waals surface area contributed by atoms with Gasteiger partial charge in [-0.1, -0.05) is 46.3 Å². The Labute approximate surface area is 107 Å². The summed E-state index contributed by atoms with van der Waals surface area (Å²) in [5.41, 5.74) is 1.33. The van der Waals surface area contributed by atoms with Crippen molar-refractivity contribution in [3.05, 3.63) is 35.9 Å². The van der Waals surface area contributed by atoms with Gasteiger partial charge in [0.1, 0.15) is 0 Å². The molecular weight excluding hydrogens is 247 g/mol. The topological polar surface area (TPSA) is 57.5 Å². The Morgan fingerprint density at radius 3 is 1.85 bits per heavy atom. The van der Waals surface area contributed by atoms with E-state index in [0.717, 1.165) is 5.33 Å². The maximum atomic E-state index is 8.56. The molecule has 2 N–H and O–H groups in total. The molecule has 0 fully saturated rings. The van der Waals surface area contributed by atoms with Gasteiger partial charge in [-0.05, 0) is 5.56 Å². The fourth-order valence-electron chi connectivity index (χ4n) is 0.567. The molecule has 1 aromatic rings. The first kappa shape index (κ1) is 15.4. The van der Waals surface area contributed by atoms with Crippen molar-refractivity contribution in [2.24, 2.45) is 0 Å². The summed E-state index contributed by atoms with van der Waals surface area (Å²) in [4.78, 5) is 8.56. The molecule has 0 aliphatic carbocycles. The van der Waals surface area contributed by atoms with Crippen LogP contribution in [0.5, 0.6) is 0 Å². The molecular formula is C8H10BrNaO3. The number of hydrogen-bond donors (Lipinski definition) is 2. The van der Waals surface area contributed by atoms with Gasteiger partial charge in [0.05, 0.1) is 0 Å². The molecule has 5 heteroatoms. The van der Waals surface area contributed by atoms with E-state index < -0.39 is 6.16 Å². The fourth-order valence-corrected chi connectivity index (χ4v) is 0.941. The molecule has 0 unspecified atom stereocenters. The number of rotatable bonds is 1. The number of alkyl halides is 1. The molecule has 0 heterocycles. The van der Waals surface area contributed by atoms with Crippen LogP contribution in [0.4, 0.5) is 4.79 Å². The third-order valence-electron chi connectivity index (χ3n) is 0.997. The molecule has 3 nitrogen and oxygen atoms in total. The van der Waals surface area contributed by atoms with Crippen molar-refractivity contribution in [2.45, 2.75) is 5.33 Å². The van der Waals surface area contributed by atoms with Gasteiger partial charge < -0.3 is 10.2 Å². The van der Waals surface area contributed by atoms with Crippen LogP contribution in [0.2, 0.25) is 0 Å².